The average molecular weight is 454 g/mol. The van der Waals surface area contributed by atoms with Gasteiger partial charge in [-0.25, -0.2) is 4.79 Å². The number of para-hydroxylation sites is 2. The highest BCUT2D eigenvalue weighted by molar-refractivity contribution is 5.84. The number of rotatable bonds is 7. The molecular formula is C24H31N5O4. The zero-order chi connectivity index (χ0) is 23.5. The van der Waals surface area contributed by atoms with Crippen molar-refractivity contribution in [2.75, 3.05) is 50.5 Å². The van der Waals surface area contributed by atoms with Crippen LogP contribution in [0.25, 0.3) is 10.9 Å². The highest BCUT2D eigenvalue weighted by Crippen LogP contribution is 2.28. The fourth-order valence-corrected chi connectivity index (χ4v) is 4.20. The third kappa shape index (κ3) is 4.83. The number of benzene rings is 2. The van der Waals surface area contributed by atoms with Gasteiger partial charge in [-0.3, -0.25) is 14.3 Å². The van der Waals surface area contributed by atoms with E-state index in [4.69, 9.17) is 15.2 Å². The predicted octanol–water partition coefficient (Wildman–Crippen LogP) is 1.89. The number of nitrogen functional groups attached to an aromatic ring is 1. The summed E-state index contributed by atoms with van der Waals surface area (Å²) >= 11 is 0. The van der Waals surface area contributed by atoms with Crippen LogP contribution in [0.15, 0.2) is 46.0 Å². The molecule has 0 radical (unpaired) electrons. The molecule has 0 unspecified atom stereocenters. The second kappa shape index (κ2) is 9.58. The molecule has 1 aliphatic rings. The van der Waals surface area contributed by atoms with Gasteiger partial charge in [0.05, 0.1) is 35.5 Å². The Bertz CT molecular complexity index is 1240. The van der Waals surface area contributed by atoms with E-state index in [1.54, 1.807) is 19.2 Å². The fourth-order valence-electron chi connectivity index (χ4n) is 4.20. The summed E-state index contributed by atoms with van der Waals surface area (Å²) < 4.78 is 12.4. The van der Waals surface area contributed by atoms with Crippen LogP contribution in [0.4, 0.5) is 11.4 Å². The van der Waals surface area contributed by atoms with Gasteiger partial charge in [-0.05, 0) is 32.0 Å². The van der Waals surface area contributed by atoms with Crippen molar-refractivity contribution < 1.29 is 9.47 Å². The van der Waals surface area contributed by atoms with Crippen LogP contribution < -0.4 is 31.4 Å². The molecule has 9 nitrogen and oxygen atoms in total. The van der Waals surface area contributed by atoms with Crippen LogP contribution in [0.1, 0.15) is 13.8 Å². The van der Waals surface area contributed by atoms with Crippen molar-refractivity contribution in [1.29, 1.82) is 0 Å². The maximum absolute atomic E-state index is 13.0. The monoisotopic (exact) mass is 453 g/mol. The van der Waals surface area contributed by atoms with E-state index < -0.39 is 5.69 Å². The van der Waals surface area contributed by atoms with E-state index in [1.807, 2.05) is 32.0 Å². The zero-order valence-corrected chi connectivity index (χ0v) is 19.3. The molecular weight excluding hydrogens is 422 g/mol. The number of nitrogens with one attached hydrogen (secondary N) is 1. The van der Waals surface area contributed by atoms with Crippen molar-refractivity contribution in [2.45, 2.75) is 26.5 Å². The van der Waals surface area contributed by atoms with E-state index in [-0.39, 0.29) is 11.7 Å². The van der Waals surface area contributed by atoms with E-state index >= 15 is 0 Å². The first-order chi connectivity index (χ1) is 15.9. The summed E-state index contributed by atoms with van der Waals surface area (Å²) in [6.45, 7) is 8.06. The molecule has 33 heavy (non-hydrogen) atoms. The molecule has 176 valence electrons. The van der Waals surface area contributed by atoms with Crippen LogP contribution in [-0.4, -0.2) is 60.4 Å². The van der Waals surface area contributed by atoms with Crippen LogP contribution in [0, 0.1) is 0 Å². The SMILES string of the molecule is COc1ccccc1N1CCN(CCn2c(=O)[nH]c3cc(OC(C)C)c(N)cc3c2=O)CC1. The van der Waals surface area contributed by atoms with E-state index in [0.29, 0.717) is 35.4 Å². The number of nitrogens with two attached hydrogens (primary N) is 1. The molecule has 0 atom stereocenters. The first-order valence-corrected chi connectivity index (χ1v) is 11.2. The van der Waals surface area contributed by atoms with Gasteiger partial charge in [0.1, 0.15) is 11.5 Å². The number of nitrogens with zero attached hydrogens (tertiary/aromatic N) is 3. The second-order valence-electron chi connectivity index (χ2n) is 8.49. The van der Waals surface area contributed by atoms with Crippen molar-refractivity contribution in [3.8, 4) is 11.5 Å². The number of fused-ring (bicyclic) bond motifs is 1. The van der Waals surface area contributed by atoms with Gasteiger partial charge < -0.3 is 25.1 Å². The summed E-state index contributed by atoms with van der Waals surface area (Å²) in [5, 5.41) is 0.379. The summed E-state index contributed by atoms with van der Waals surface area (Å²) in [7, 11) is 1.68. The maximum Gasteiger partial charge on any atom is 0.328 e. The van der Waals surface area contributed by atoms with Crippen LogP contribution >= 0.6 is 0 Å². The van der Waals surface area contributed by atoms with Crippen LogP contribution in [-0.2, 0) is 6.54 Å². The van der Waals surface area contributed by atoms with Gasteiger partial charge >= 0.3 is 5.69 Å². The van der Waals surface area contributed by atoms with Crippen LogP contribution in [0.5, 0.6) is 11.5 Å². The maximum atomic E-state index is 13.0. The molecule has 1 fully saturated rings. The Morgan fingerprint density at radius 1 is 1.03 bits per heavy atom. The molecule has 0 spiro atoms. The molecule has 1 aliphatic heterocycles. The topological polar surface area (TPSA) is 106 Å². The van der Waals surface area contributed by atoms with Crippen LogP contribution in [0.3, 0.4) is 0 Å². The Morgan fingerprint density at radius 3 is 2.45 bits per heavy atom. The zero-order valence-electron chi connectivity index (χ0n) is 19.3. The molecule has 1 aromatic heterocycles. The number of H-pyrrole nitrogens is 1. The number of hydrogen-bond acceptors (Lipinski definition) is 7. The van der Waals surface area contributed by atoms with Gasteiger partial charge in [0.2, 0.25) is 0 Å². The van der Waals surface area contributed by atoms with Gasteiger partial charge in [-0.1, -0.05) is 12.1 Å². The standard InChI is InChI=1S/C24H31N5O4/c1-16(2)33-22-15-19-17(14-18(22)25)23(30)29(24(31)26-19)13-10-27-8-11-28(12-9-27)20-6-4-5-7-21(20)32-3/h4-7,14-16H,8-13,25H2,1-3H3,(H,26,31). The Kier molecular flexibility index (Phi) is 6.60. The Labute approximate surface area is 192 Å². The van der Waals surface area contributed by atoms with E-state index in [9.17, 15) is 9.59 Å². The van der Waals surface area contributed by atoms with Crippen molar-refractivity contribution in [1.82, 2.24) is 14.5 Å². The molecule has 1 saturated heterocycles. The molecule has 0 saturated carbocycles. The van der Waals surface area contributed by atoms with E-state index in [1.165, 1.54) is 4.57 Å². The summed E-state index contributed by atoms with van der Waals surface area (Å²) in [6, 6.07) is 11.2. The number of aromatic nitrogens is 2. The minimum atomic E-state index is -0.430. The first-order valence-electron chi connectivity index (χ1n) is 11.2. The number of piperazine rings is 1. The number of ether oxygens (including phenoxy) is 2. The normalized spacial score (nSPS) is 14.7. The lowest BCUT2D eigenvalue weighted by molar-refractivity contribution is 0.244. The number of hydrogen-bond donors (Lipinski definition) is 2. The summed E-state index contributed by atoms with van der Waals surface area (Å²) in [5.74, 6) is 1.32. The molecule has 2 heterocycles. The van der Waals surface area contributed by atoms with E-state index in [2.05, 4.69) is 20.9 Å². The number of methoxy groups -OCH3 is 1. The lowest BCUT2D eigenvalue weighted by atomic mass is 10.2. The first kappa shape index (κ1) is 22.7. The predicted molar refractivity (Wildman–Crippen MR) is 131 cm³/mol. The van der Waals surface area contributed by atoms with Gasteiger partial charge in [-0.15, -0.1) is 0 Å². The molecule has 3 N–H and O–H groups in total. The smallest absolute Gasteiger partial charge is 0.328 e. The van der Waals surface area contributed by atoms with Crippen molar-refractivity contribution in [3.63, 3.8) is 0 Å². The minimum Gasteiger partial charge on any atom is -0.495 e. The minimum absolute atomic E-state index is 0.0692. The highest BCUT2D eigenvalue weighted by atomic mass is 16.5. The van der Waals surface area contributed by atoms with Gasteiger partial charge in [0.15, 0.2) is 0 Å². The largest absolute Gasteiger partial charge is 0.495 e. The Hall–Kier alpha value is -3.46. The lowest BCUT2D eigenvalue weighted by Gasteiger charge is -2.36. The third-order valence-corrected chi connectivity index (χ3v) is 5.91. The highest BCUT2D eigenvalue weighted by Gasteiger charge is 2.20. The molecule has 3 aromatic rings. The number of anilines is 2. The Morgan fingerprint density at radius 2 is 1.76 bits per heavy atom. The number of aromatic amines is 1. The van der Waals surface area contributed by atoms with E-state index in [0.717, 1.165) is 37.6 Å². The third-order valence-electron chi connectivity index (χ3n) is 5.91. The van der Waals surface area contributed by atoms with Crippen molar-refractivity contribution in [3.05, 3.63) is 57.2 Å². The Balaban J connectivity index is 1.45. The van der Waals surface area contributed by atoms with Gasteiger partial charge in [0, 0.05) is 45.3 Å². The van der Waals surface area contributed by atoms with Crippen molar-refractivity contribution >= 4 is 22.3 Å². The van der Waals surface area contributed by atoms with Crippen LogP contribution in [0.2, 0.25) is 0 Å². The fraction of sp³-hybridized carbons (Fsp3) is 0.417. The van der Waals surface area contributed by atoms with Gasteiger partial charge in [0.25, 0.3) is 5.56 Å². The second-order valence-corrected chi connectivity index (χ2v) is 8.49. The quantitative estimate of drug-likeness (QED) is 0.526. The van der Waals surface area contributed by atoms with Crippen molar-refractivity contribution in [2.24, 2.45) is 0 Å². The van der Waals surface area contributed by atoms with Gasteiger partial charge in [-0.2, -0.15) is 0 Å². The molecule has 2 aromatic carbocycles. The molecule has 4 rings (SSSR count). The molecule has 0 aliphatic carbocycles. The average Bonchev–Trinajstić information content (AvgIpc) is 2.80. The molecule has 0 bridgehead atoms. The summed E-state index contributed by atoms with van der Waals surface area (Å²) in [5.41, 5.74) is 7.19. The lowest BCUT2D eigenvalue weighted by Crippen LogP contribution is -2.48. The molecule has 0 amide bonds. The summed E-state index contributed by atoms with van der Waals surface area (Å²) in [4.78, 5) is 33.0. The summed E-state index contributed by atoms with van der Waals surface area (Å²) in [6.07, 6.45) is -0.0692. The molecule has 9 heteroatoms.